The molecule has 5 atom stereocenters. The van der Waals surface area contributed by atoms with Crippen LogP contribution in [0.1, 0.15) is 40.0 Å². The van der Waals surface area contributed by atoms with Crippen LogP contribution in [0.25, 0.3) is 0 Å². The van der Waals surface area contributed by atoms with Crippen LogP contribution in [-0.4, -0.2) is 60.7 Å². The molecule has 2 fully saturated rings. The second-order valence-electron chi connectivity index (χ2n) is 8.54. The van der Waals surface area contributed by atoms with Crippen molar-refractivity contribution in [3.05, 3.63) is 41.5 Å². The van der Waals surface area contributed by atoms with Crippen molar-refractivity contribution in [2.45, 2.75) is 37.4 Å². The Morgan fingerprint density at radius 3 is 2.53 bits per heavy atom. The van der Waals surface area contributed by atoms with Crippen LogP contribution in [0.2, 0.25) is 0 Å². The third-order valence-corrected chi connectivity index (χ3v) is 7.03. The van der Waals surface area contributed by atoms with Crippen molar-refractivity contribution in [2.75, 3.05) is 19.0 Å². The van der Waals surface area contributed by atoms with Gasteiger partial charge in [0.15, 0.2) is 0 Å². The standard InChI is InChI=1S/C22H24N4O4/c1-23-18-11-3-4-12(9-11)19(18)25(2)13-5-6-14-15(10-13)22(30)26(21(14)29)16-7-8-17(27)24-20(16)28/h3-6,10-12,16,18-19,23H,7-9H2,1-2H3,(H,24,27,28)/t11?,12?,16?,18-,19+/m1/s1. The Labute approximate surface area is 174 Å². The Hall–Kier alpha value is -3.00. The minimum absolute atomic E-state index is 0.112. The van der Waals surface area contributed by atoms with Gasteiger partial charge in [-0.25, -0.2) is 0 Å². The smallest absolute Gasteiger partial charge is 0.262 e. The predicted molar refractivity (Wildman–Crippen MR) is 109 cm³/mol. The first-order valence-electron chi connectivity index (χ1n) is 10.3. The fourth-order valence-corrected chi connectivity index (χ4v) is 5.56. The van der Waals surface area contributed by atoms with Crippen LogP contribution < -0.4 is 15.5 Å². The van der Waals surface area contributed by atoms with E-state index in [1.54, 1.807) is 12.1 Å². The van der Waals surface area contributed by atoms with E-state index >= 15 is 0 Å². The van der Waals surface area contributed by atoms with E-state index in [0.29, 0.717) is 29.0 Å². The van der Waals surface area contributed by atoms with Crippen molar-refractivity contribution >= 4 is 29.3 Å². The Morgan fingerprint density at radius 2 is 1.80 bits per heavy atom. The zero-order valence-electron chi connectivity index (χ0n) is 16.9. The lowest BCUT2D eigenvalue weighted by Gasteiger charge is -2.37. The van der Waals surface area contributed by atoms with E-state index in [1.807, 2.05) is 20.2 Å². The van der Waals surface area contributed by atoms with Crippen molar-refractivity contribution < 1.29 is 19.2 Å². The van der Waals surface area contributed by atoms with E-state index < -0.39 is 23.8 Å². The summed E-state index contributed by atoms with van der Waals surface area (Å²) in [6.07, 6.45) is 5.93. The predicted octanol–water partition coefficient (Wildman–Crippen LogP) is 0.686. The van der Waals surface area contributed by atoms with Gasteiger partial charge in [0.2, 0.25) is 11.8 Å². The molecule has 1 aromatic carbocycles. The zero-order chi connectivity index (χ0) is 21.2. The zero-order valence-corrected chi connectivity index (χ0v) is 16.9. The molecule has 2 N–H and O–H groups in total. The van der Waals surface area contributed by atoms with E-state index in [-0.39, 0.29) is 24.8 Å². The minimum Gasteiger partial charge on any atom is -0.369 e. The van der Waals surface area contributed by atoms with Gasteiger partial charge in [-0.1, -0.05) is 12.2 Å². The van der Waals surface area contributed by atoms with E-state index in [4.69, 9.17) is 0 Å². The second kappa shape index (κ2) is 6.77. The van der Waals surface area contributed by atoms with E-state index in [1.165, 1.54) is 0 Å². The molecule has 2 aliphatic carbocycles. The lowest BCUT2D eigenvalue weighted by atomic mass is 9.94. The molecule has 8 nitrogen and oxygen atoms in total. The third kappa shape index (κ3) is 2.63. The van der Waals surface area contributed by atoms with Gasteiger partial charge in [-0.2, -0.15) is 0 Å². The lowest BCUT2D eigenvalue weighted by molar-refractivity contribution is -0.136. The summed E-state index contributed by atoms with van der Waals surface area (Å²) in [5.41, 5.74) is 1.49. The largest absolute Gasteiger partial charge is 0.369 e. The van der Waals surface area contributed by atoms with Gasteiger partial charge >= 0.3 is 0 Å². The summed E-state index contributed by atoms with van der Waals surface area (Å²) in [5.74, 6) is -0.969. The summed E-state index contributed by atoms with van der Waals surface area (Å²) in [6, 6.07) is 4.94. The molecule has 30 heavy (non-hydrogen) atoms. The Morgan fingerprint density at radius 1 is 1.07 bits per heavy atom. The van der Waals surface area contributed by atoms with Crippen LogP contribution in [0.4, 0.5) is 5.69 Å². The van der Waals surface area contributed by atoms with E-state index in [9.17, 15) is 19.2 Å². The Kier molecular flexibility index (Phi) is 4.28. The quantitative estimate of drug-likeness (QED) is 0.562. The van der Waals surface area contributed by atoms with Crippen LogP contribution in [-0.2, 0) is 9.59 Å². The molecule has 2 heterocycles. The average molecular weight is 408 g/mol. The highest BCUT2D eigenvalue weighted by Gasteiger charge is 2.47. The number of imide groups is 2. The summed E-state index contributed by atoms with van der Waals surface area (Å²) in [7, 11) is 3.99. The summed E-state index contributed by atoms with van der Waals surface area (Å²) >= 11 is 0. The number of fused-ring (bicyclic) bond motifs is 3. The molecule has 0 radical (unpaired) electrons. The molecule has 2 bridgehead atoms. The number of benzene rings is 1. The molecule has 156 valence electrons. The highest BCUT2D eigenvalue weighted by Crippen LogP contribution is 2.43. The maximum absolute atomic E-state index is 13.1. The normalized spacial score (nSPS) is 32.1. The number of anilines is 1. The van der Waals surface area contributed by atoms with Crippen molar-refractivity contribution in [2.24, 2.45) is 11.8 Å². The maximum atomic E-state index is 13.1. The van der Waals surface area contributed by atoms with Gasteiger partial charge in [-0.15, -0.1) is 0 Å². The monoisotopic (exact) mass is 408 g/mol. The molecule has 8 heteroatoms. The Bertz CT molecular complexity index is 1000. The number of carbonyl (C=O) groups excluding carboxylic acids is 4. The molecule has 1 aromatic rings. The van der Waals surface area contributed by atoms with Gasteiger partial charge in [-0.3, -0.25) is 29.4 Å². The molecule has 4 amide bonds. The van der Waals surface area contributed by atoms with E-state index in [2.05, 4.69) is 27.7 Å². The van der Waals surface area contributed by atoms with Gasteiger partial charge in [-0.05, 0) is 49.9 Å². The molecular weight excluding hydrogens is 384 g/mol. The Balaban J connectivity index is 1.43. The molecule has 0 aromatic heterocycles. The first kappa shape index (κ1) is 19.0. The minimum atomic E-state index is -0.944. The van der Waals surface area contributed by atoms with Crippen LogP contribution in [0.3, 0.4) is 0 Å². The number of hydrogen-bond donors (Lipinski definition) is 2. The first-order valence-corrected chi connectivity index (χ1v) is 10.3. The maximum Gasteiger partial charge on any atom is 0.262 e. The number of piperidine rings is 1. The fraction of sp³-hybridized carbons (Fsp3) is 0.455. The molecule has 0 spiro atoms. The number of nitrogens with one attached hydrogen (secondary N) is 2. The number of rotatable bonds is 4. The van der Waals surface area contributed by atoms with Crippen LogP contribution in [0.5, 0.6) is 0 Å². The SMILES string of the molecule is CN[C@@H]1C2C=CC(C2)[C@@H]1N(C)c1ccc2c(c1)C(=O)N(C1CCC(=O)NC1=O)C2=O. The second-order valence-corrected chi connectivity index (χ2v) is 8.54. The summed E-state index contributed by atoms with van der Waals surface area (Å²) in [6.45, 7) is 0. The van der Waals surface area contributed by atoms with Crippen molar-refractivity contribution in [1.82, 2.24) is 15.5 Å². The molecule has 2 aliphatic heterocycles. The van der Waals surface area contributed by atoms with Gasteiger partial charge in [0.25, 0.3) is 11.8 Å². The number of nitrogens with zero attached hydrogens (tertiary/aromatic N) is 2. The molecule has 1 saturated heterocycles. The molecule has 1 saturated carbocycles. The van der Waals surface area contributed by atoms with Crippen LogP contribution in [0.15, 0.2) is 30.4 Å². The molecule has 3 unspecified atom stereocenters. The lowest BCUT2D eigenvalue weighted by Crippen LogP contribution is -2.54. The van der Waals surface area contributed by atoms with Gasteiger partial charge in [0, 0.05) is 25.2 Å². The van der Waals surface area contributed by atoms with Crippen molar-refractivity contribution in [3.63, 3.8) is 0 Å². The van der Waals surface area contributed by atoms with Crippen LogP contribution >= 0.6 is 0 Å². The summed E-state index contributed by atoms with van der Waals surface area (Å²) < 4.78 is 0. The van der Waals surface area contributed by atoms with Crippen LogP contribution in [0, 0.1) is 11.8 Å². The molecule has 4 aliphatic rings. The van der Waals surface area contributed by atoms with Crippen molar-refractivity contribution in [3.8, 4) is 0 Å². The van der Waals surface area contributed by atoms with Gasteiger partial charge in [0.1, 0.15) is 6.04 Å². The fourth-order valence-electron chi connectivity index (χ4n) is 5.56. The van der Waals surface area contributed by atoms with Gasteiger partial charge in [0.05, 0.1) is 17.2 Å². The third-order valence-electron chi connectivity index (χ3n) is 7.03. The number of amides is 4. The topological polar surface area (TPSA) is 98.8 Å². The molecular formula is C22H24N4O4. The summed E-state index contributed by atoms with van der Waals surface area (Å²) in [4.78, 5) is 52.8. The van der Waals surface area contributed by atoms with Crippen molar-refractivity contribution in [1.29, 1.82) is 0 Å². The average Bonchev–Trinajstić information content (AvgIpc) is 3.41. The van der Waals surface area contributed by atoms with E-state index in [0.717, 1.165) is 17.0 Å². The molecule has 5 rings (SSSR count). The highest BCUT2D eigenvalue weighted by molar-refractivity contribution is 6.23. The highest BCUT2D eigenvalue weighted by atomic mass is 16.2. The first-order chi connectivity index (χ1) is 14.4. The number of carbonyl (C=O) groups is 4. The number of likely N-dealkylation sites (N-methyl/N-ethyl adjacent to an activating group) is 2. The number of hydrogen-bond acceptors (Lipinski definition) is 6. The summed E-state index contributed by atoms with van der Waals surface area (Å²) in [5, 5.41) is 5.65. The van der Waals surface area contributed by atoms with Gasteiger partial charge < -0.3 is 10.2 Å².